The van der Waals surface area contributed by atoms with E-state index < -0.39 is 66.0 Å². The number of alkyl halides is 6. The molecule has 2 atom stereocenters. The maximum Gasteiger partial charge on any atom is 0.417 e. The van der Waals surface area contributed by atoms with Crippen molar-refractivity contribution >= 4 is 51.2 Å². The third-order valence-electron chi connectivity index (χ3n) is 12.1. The highest BCUT2D eigenvalue weighted by atomic mass is 35.5. The van der Waals surface area contributed by atoms with Gasteiger partial charge in [-0.3, -0.25) is 0 Å². The first-order valence-electron chi connectivity index (χ1n) is 20.9. The van der Waals surface area contributed by atoms with Crippen LogP contribution in [0.15, 0.2) is 60.7 Å². The number of pyridine rings is 2. The van der Waals surface area contributed by atoms with Crippen molar-refractivity contribution in [3.63, 3.8) is 0 Å². The zero-order chi connectivity index (χ0) is 48.2. The average molecular weight is 966 g/mol. The van der Waals surface area contributed by atoms with Crippen LogP contribution in [-0.2, 0) is 47.9 Å². The highest BCUT2D eigenvalue weighted by Gasteiger charge is 2.57. The zero-order valence-corrected chi connectivity index (χ0v) is 38.0. The molecule has 0 spiro atoms. The number of carbonyl (C=O) groups is 1. The molecule has 0 radical (unpaired) electrons. The summed E-state index contributed by atoms with van der Waals surface area (Å²) in [6.07, 6.45) is -11.2. The number of aromatic amines is 2. The second kappa shape index (κ2) is 17.9. The van der Waals surface area contributed by atoms with Gasteiger partial charge in [0.05, 0.1) is 54.7 Å². The molecule has 19 heteroatoms. The fourth-order valence-electron chi connectivity index (χ4n) is 9.02. The van der Waals surface area contributed by atoms with Crippen LogP contribution in [-0.4, -0.2) is 85.1 Å². The number of benzene rings is 2. The zero-order valence-electron chi connectivity index (χ0n) is 36.5. The molecule has 0 aliphatic carbocycles. The van der Waals surface area contributed by atoms with Gasteiger partial charge in [-0.25, -0.2) is 14.8 Å². The number of rotatable bonds is 12. The van der Waals surface area contributed by atoms with E-state index in [1.54, 1.807) is 64.1 Å². The van der Waals surface area contributed by atoms with Gasteiger partial charge in [-0.1, -0.05) is 50.9 Å². The molecule has 6 heterocycles. The fourth-order valence-corrected chi connectivity index (χ4v) is 9.50. The third kappa shape index (κ3) is 9.96. The number of nitrogens with one attached hydrogen (secondary N) is 2. The average Bonchev–Trinajstić information content (AvgIpc) is 4.04. The lowest BCUT2D eigenvalue weighted by atomic mass is 9.73. The molecule has 0 fully saturated rings. The molecule has 4 aromatic heterocycles. The fraction of sp³-hybridized carbons (Fsp3) is 0.426. The summed E-state index contributed by atoms with van der Waals surface area (Å²) < 4.78 is 101. The van der Waals surface area contributed by atoms with Crippen LogP contribution < -0.4 is 9.47 Å². The van der Waals surface area contributed by atoms with Crippen LogP contribution in [0.1, 0.15) is 90.4 Å². The second-order valence-corrected chi connectivity index (χ2v) is 19.1. The summed E-state index contributed by atoms with van der Waals surface area (Å²) in [7, 11) is 1.21. The Bertz CT molecular complexity index is 2790. The molecular formula is C47H48Cl2F6N4O7. The molecule has 0 saturated carbocycles. The van der Waals surface area contributed by atoms with Crippen molar-refractivity contribution < 1.29 is 60.7 Å². The van der Waals surface area contributed by atoms with Gasteiger partial charge in [-0.2, -0.15) is 26.3 Å². The molecule has 2 aliphatic heterocycles. The summed E-state index contributed by atoms with van der Waals surface area (Å²) in [5.74, 6) is 0.425. The summed E-state index contributed by atoms with van der Waals surface area (Å²) in [5.41, 5.74) is -3.04. The number of fused-ring (bicyclic) bond motifs is 4. The number of carbonyl (C=O) groups excluding carboxylic acids is 1. The SMILES string of the molecule is CC(C)(CC(O)(Cc1cc2nc(CO)ccc2[nH]1)C(F)(F)F)c1cc(Cl)cc2c1OCC2.COC(=O)c1ccc2[nH]c(CC(O)(CC(C)(C)c3cc(Cl)cc4c3OCC4)C(F)(F)F)cc2n1. The van der Waals surface area contributed by atoms with E-state index >= 15 is 0 Å². The molecule has 5 N–H and O–H groups in total. The number of aliphatic hydroxyl groups is 3. The van der Waals surface area contributed by atoms with E-state index in [1.165, 1.54) is 31.4 Å². The number of ether oxygens (including phenoxy) is 3. The molecule has 2 unspecified atom stereocenters. The molecule has 0 bridgehead atoms. The van der Waals surface area contributed by atoms with Crippen LogP contribution in [0.25, 0.3) is 22.1 Å². The van der Waals surface area contributed by atoms with Crippen LogP contribution in [0.4, 0.5) is 26.3 Å². The number of hydrogen-bond acceptors (Lipinski definition) is 9. The van der Waals surface area contributed by atoms with E-state index in [-0.39, 0.29) is 23.7 Å². The first-order chi connectivity index (χ1) is 30.7. The van der Waals surface area contributed by atoms with Gasteiger partial charge >= 0.3 is 18.3 Å². The largest absolute Gasteiger partial charge is 0.493 e. The first-order valence-corrected chi connectivity index (χ1v) is 21.7. The Balaban J connectivity index is 0.000000197. The molecule has 11 nitrogen and oxygen atoms in total. The number of esters is 1. The lowest BCUT2D eigenvalue weighted by Gasteiger charge is -2.38. The van der Waals surface area contributed by atoms with Crippen molar-refractivity contribution in [1.82, 2.24) is 19.9 Å². The Kier molecular flexibility index (Phi) is 13.2. The maximum absolute atomic E-state index is 14.3. The van der Waals surface area contributed by atoms with Gasteiger partial charge in [0.15, 0.2) is 11.2 Å². The highest BCUT2D eigenvalue weighted by molar-refractivity contribution is 6.31. The van der Waals surface area contributed by atoms with E-state index in [2.05, 4.69) is 24.7 Å². The molecular weight excluding hydrogens is 917 g/mol. The van der Waals surface area contributed by atoms with E-state index in [0.717, 1.165) is 11.1 Å². The van der Waals surface area contributed by atoms with Crippen molar-refractivity contribution in [3.05, 3.63) is 116 Å². The number of H-pyrrole nitrogens is 2. The smallest absolute Gasteiger partial charge is 0.417 e. The van der Waals surface area contributed by atoms with E-state index in [0.29, 0.717) is 86.5 Å². The Hall–Kier alpha value is -5.07. The van der Waals surface area contributed by atoms with Gasteiger partial charge in [-0.15, -0.1) is 0 Å². The lowest BCUT2D eigenvalue weighted by molar-refractivity contribution is -0.266. The number of aliphatic hydroxyl groups excluding tert-OH is 1. The van der Waals surface area contributed by atoms with Crippen molar-refractivity contribution in [2.75, 3.05) is 20.3 Å². The normalized spacial score (nSPS) is 15.9. The summed E-state index contributed by atoms with van der Waals surface area (Å²) in [6.45, 7) is 7.16. The van der Waals surface area contributed by atoms with Crippen molar-refractivity contribution in [3.8, 4) is 11.5 Å². The summed E-state index contributed by atoms with van der Waals surface area (Å²) in [5, 5.41) is 32.0. The van der Waals surface area contributed by atoms with Gasteiger partial charge in [0.2, 0.25) is 0 Å². The van der Waals surface area contributed by atoms with Gasteiger partial charge in [0.1, 0.15) is 17.2 Å². The van der Waals surface area contributed by atoms with Crippen molar-refractivity contribution in [1.29, 1.82) is 0 Å². The molecule has 354 valence electrons. The van der Waals surface area contributed by atoms with Crippen LogP contribution in [0.3, 0.4) is 0 Å². The number of aromatic nitrogens is 4. The highest BCUT2D eigenvalue weighted by Crippen LogP contribution is 2.49. The monoisotopic (exact) mass is 964 g/mol. The predicted molar refractivity (Wildman–Crippen MR) is 235 cm³/mol. The number of methoxy groups -OCH3 is 1. The molecule has 2 aromatic carbocycles. The van der Waals surface area contributed by atoms with E-state index in [4.69, 9.17) is 32.7 Å². The molecule has 2 aliphatic rings. The van der Waals surface area contributed by atoms with Crippen LogP contribution in [0, 0.1) is 0 Å². The van der Waals surface area contributed by atoms with E-state index in [1.807, 2.05) is 0 Å². The standard InChI is InChI=1S/C24H24ClF3N2O4.C23H24ClF3N2O3/c1-22(2,16-9-14(25)8-13-6-7-34-20(13)16)12-23(32,24(26,27)28)11-15-10-19-17(29-15)4-5-18(30-19)21(31)33-3;1-21(2,17-8-14(24)7-13-5-6-32-20(13)17)12-22(31,23(25,26)27)10-16-9-19-18(29-16)4-3-15(11-30)28-19/h4-5,8-10,29,32H,6-7,11-12H2,1-3H3;3-4,7-9,29-31H,5-6,10-12H2,1-2H3. The quantitative estimate of drug-likeness (QED) is 0.0594. The Morgan fingerprint density at radius 1 is 0.697 bits per heavy atom. The molecule has 6 aromatic rings. The van der Waals surface area contributed by atoms with Gasteiger partial charge in [-0.05, 0) is 95.5 Å². The Morgan fingerprint density at radius 3 is 1.56 bits per heavy atom. The molecule has 8 rings (SSSR count). The second-order valence-electron chi connectivity index (χ2n) is 18.2. The predicted octanol–water partition coefficient (Wildman–Crippen LogP) is 9.99. The maximum atomic E-state index is 14.3. The Labute approximate surface area is 385 Å². The first kappa shape index (κ1) is 48.9. The van der Waals surface area contributed by atoms with Crippen molar-refractivity contribution in [2.45, 2.75) is 107 Å². The van der Waals surface area contributed by atoms with Crippen LogP contribution >= 0.6 is 23.2 Å². The molecule has 0 saturated heterocycles. The van der Waals surface area contributed by atoms with Gasteiger partial charge < -0.3 is 39.5 Å². The third-order valence-corrected chi connectivity index (χ3v) is 12.6. The van der Waals surface area contributed by atoms with Gasteiger partial charge in [0, 0.05) is 58.2 Å². The van der Waals surface area contributed by atoms with Crippen molar-refractivity contribution in [2.24, 2.45) is 0 Å². The number of nitrogens with zero attached hydrogens (tertiary/aromatic N) is 2. The summed E-state index contributed by atoms with van der Waals surface area (Å²) in [6, 6.07) is 15.8. The molecule has 66 heavy (non-hydrogen) atoms. The summed E-state index contributed by atoms with van der Waals surface area (Å²) >= 11 is 12.5. The van der Waals surface area contributed by atoms with Gasteiger partial charge in [0.25, 0.3) is 0 Å². The minimum Gasteiger partial charge on any atom is -0.493 e. The number of halogens is 8. The van der Waals surface area contributed by atoms with Crippen LogP contribution in [0.5, 0.6) is 11.5 Å². The minimum absolute atomic E-state index is 0.0302. The number of hydrogen-bond donors (Lipinski definition) is 5. The summed E-state index contributed by atoms with van der Waals surface area (Å²) in [4.78, 5) is 25.8. The minimum atomic E-state index is -4.92. The molecule has 0 amide bonds. The lowest BCUT2D eigenvalue weighted by Crippen LogP contribution is -2.51. The van der Waals surface area contributed by atoms with E-state index in [9.17, 15) is 46.5 Å². The Morgan fingerprint density at radius 2 is 1.14 bits per heavy atom. The topological polar surface area (TPSA) is 163 Å². The van der Waals surface area contributed by atoms with Crippen LogP contribution in [0.2, 0.25) is 10.0 Å².